The van der Waals surface area contributed by atoms with Gasteiger partial charge >= 0.3 is 5.97 Å². The predicted octanol–water partition coefficient (Wildman–Crippen LogP) is 3.15. The number of carboxylic acid groups (broad SMARTS) is 1. The van der Waals surface area contributed by atoms with Crippen molar-refractivity contribution in [3.05, 3.63) is 65.2 Å². The van der Waals surface area contributed by atoms with Crippen molar-refractivity contribution in [3.8, 4) is 5.75 Å². The van der Waals surface area contributed by atoms with Crippen LogP contribution in [0.25, 0.3) is 0 Å². The lowest BCUT2D eigenvalue weighted by Crippen LogP contribution is -2.34. The van der Waals surface area contributed by atoms with E-state index in [1.807, 2.05) is 0 Å². The maximum atomic E-state index is 13.2. The Kier molecular flexibility index (Phi) is 7.75. The molecule has 0 atom stereocenters. The number of carboxylic acids is 1. The second-order valence-electron chi connectivity index (χ2n) is 7.59. The topological polar surface area (TPSA) is 105 Å². The van der Waals surface area contributed by atoms with Crippen molar-refractivity contribution in [1.29, 1.82) is 0 Å². The van der Waals surface area contributed by atoms with Gasteiger partial charge in [-0.15, -0.1) is 0 Å². The molecular formula is C23H24F2N2O5. The third-order valence-corrected chi connectivity index (χ3v) is 5.32. The number of benzene rings is 2. The first-order valence-electron chi connectivity index (χ1n) is 10.3. The van der Waals surface area contributed by atoms with Crippen LogP contribution >= 0.6 is 0 Å². The van der Waals surface area contributed by atoms with E-state index in [0.717, 1.165) is 12.1 Å². The van der Waals surface area contributed by atoms with Gasteiger partial charge in [0.1, 0.15) is 5.75 Å². The van der Waals surface area contributed by atoms with Gasteiger partial charge in [0.2, 0.25) is 0 Å². The Morgan fingerprint density at radius 1 is 0.844 bits per heavy atom. The summed E-state index contributed by atoms with van der Waals surface area (Å²) in [5, 5.41) is 14.2. The summed E-state index contributed by atoms with van der Waals surface area (Å²) in [6.07, 6.45) is 2.49. The van der Waals surface area contributed by atoms with Gasteiger partial charge in [-0.25, -0.2) is 8.78 Å². The van der Waals surface area contributed by atoms with Crippen LogP contribution in [0, 0.1) is 17.6 Å². The lowest BCUT2D eigenvalue weighted by molar-refractivity contribution is -0.143. The molecule has 0 bridgehead atoms. The van der Waals surface area contributed by atoms with E-state index < -0.39 is 23.5 Å². The molecule has 32 heavy (non-hydrogen) atoms. The van der Waals surface area contributed by atoms with Gasteiger partial charge in [-0.2, -0.15) is 0 Å². The molecule has 3 N–H and O–H groups in total. The summed E-state index contributed by atoms with van der Waals surface area (Å²) in [4.78, 5) is 35.2. The lowest BCUT2D eigenvalue weighted by Gasteiger charge is -2.26. The number of carbonyl (C=O) groups is 3. The highest BCUT2D eigenvalue weighted by molar-refractivity contribution is 5.95. The number of ether oxygens (including phenoxy) is 1. The molecule has 1 fully saturated rings. The van der Waals surface area contributed by atoms with Crippen LogP contribution in [0.1, 0.15) is 46.4 Å². The molecular weight excluding hydrogens is 422 g/mol. The molecule has 0 aromatic heterocycles. The van der Waals surface area contributed by atoms with E-state index in [0.29, 0.717) is 37.0 Å². The van der Waals surface area contributed by atoms with Crippen LogP contribution in [0.2, 0.25) is 0 Å². The van der Waals surface area contributed by atoms with Crippen molar-refractivity contribution < 1.29 is 33.0 Å². The number of halogens is 2. The fourth-order valence-corrected chi connectivity index (χ4v) is 3.50. The number of hydrogen-bond acceptors (Lipinski definition) is 4. The van der Waals surface area contributed by atoms with Crippen LogP contribution in [0.5, 0.6) is 5.75 Å². The van der Waals surface area contributed by atoms with Crippen LogP contribution < -0.4 is 15.4 Å². The molecule has 2 aromatic carbocycles. The zero-order valence-electron chi connectivity index (χ0n) is 17.3. The highest BCUT2D eigenvalue weighted by atomic mass is 19.2. The monoisotopic (exact) mass is 446 g/mol. The summed E-state index contributed by atoms with van der Waals surface area (Å²) in [6.45, 7) is 0.267. The van der Waals surface area contributed by atoms with Crippen molar-refractivity contribution in [2.75, 3.05) is 13.1 Å². The van der Waals surface area contributed by atoms with Gasteiger partial charge in [-0.1, -0.05) is 0 Å². The zero-order valence-corrected chi connectivity index (χ0v) is 17.3. The van der Waals surface area contributed by atoms with Crippen molar-refractivity contribution in [2.24, 2.45) is 5.92 Å². The summed E-state index contributed by atoms with van der Waals surface area (Å²) in [5.41, 5.74) is 0.404. The van der Waals surface area contributed by atoms with Gasteiger partial charge in [0.15, 0.2) is 11.6 Å². The Morgan fingerprint density at radius 3 is 1.97 bits per heavy atom. The quantitative estimate of drug-likeness (QED) is 0.541. The van der Waals surface area contributed by atoms with Crippen LogP contribution in [0.15, 0.2) is 42.5 Å². The molecule has 0 heterocycles. The van der Waals surface area contributed by atoms with Crippen molar-refractivity contribution >= 4 is 17.8 Å². The van der Waals surface area contributed by atoms with Crippen LogP contribution in [-0.4, -0.2) is 42.1 Å². The molecule has 1 aliphatic rings. The first-order valence-corrected chi connectivity index (χ1v) is 10.3. The molecule has 9 heteroatoms. The minimum atomic E-state index is -1.11. The Bertz CT molecular complexity index is 973. The average Bonchev–Trinajstić information content (AvgIpc) is 2.79. The average molecular weight is 446 g/mol. The smallest absolute Gasteiger partial charge is 0.306 e. The number of nitrogens with one attached hydrogen (secondary N) is 2. The molecule has 0 unspecified atom stereocenters. The molecule has 1 aliphatic carbocycles. The standard InChI is InChI=1S/C23H24F2N2O5/c24-19-10-5-16(13-20(19)25)22(29)27-12-11-26-21(28)14-1-6-17(7-2-14)32-18-8-3-15(4-9-18)23(30)31/h1-2,5-7,10,13,15,18H,3-4,8-9,11-12H2,(H,26,28)(H,27,29)(H,30,31)/t15-,18+. The first-order chi connectivity index (χ1) is 15.3. The van der Waals surface area contributed by atoms with Crippen molar-refractivity contribution in [2.45, 2.75) is 31.8 Å². The molecule has 0 saturated heterocycles. The second kappa shape index (κ2) is 10.7. The largest absolute Gasteiger partial charge is 0.490 e. The van der Waals surface area contributed by atoms with Crippen LogP contribution in [0.4, 0.5) is 8.78 Å². The molecule has 0 aliphatic heterocycles. The van der Waals surface area contributed by atoms with E-state index in [4.69, 9.17) is 9.84 Å². The molecule has 0 radical (unpaired) electrons. The van der Waals surface area contributed by atoms with Gasteiger partial charge < -0.3 is 20.5 Å². The Hall–Kier alpha value is -3.49. The van der Waals surface area contributed by atoms with Gasteiger partial charge in [-0.3, -0.25) is 14.4 Å². The zero-order chi connectivity index (χ0) is 23.1. The molecule has 7 nitrogen and oxygen atoms in total. The van der Waals surface area contributed by atoms with E-state index in [-0.39, 0.29) is 36.6 Å². The van der Waals surface area contributed by atoms with Gasteiger partial charge in [-0.05, 0) is 68.1 Å². The van der Waals surface area contributed by atoms with Crippen molar-refractivity contribution in [1.82, 2.24) is 10.6 Å². The number of rotatable bonds is 8. The van der Waals surface area contributed by atoms with Gasteiger partial charge in [0.25, 0.3) is 11.8 Å². The van der Waals surface area contributed by atoms with E-state index in [9.17, 15) is 23.2 Å². The van der Waals surface area contributed by atoms with Crippen LogP contribution in [0.3, 0.4) is 0 Å². The number of amides is 2. The lowest BCUT2D eigenvalue weighted by atomic mass is 9.87. The maximum absolute atomic E-state index is 13.2. The van der Waals surface area contributed by atoms with E-state index in [1.54, 1.807) is 24.3 Å². The van der Waals surface area contributed by atoms with E-state index in [2.05, 4.69) is 10.6 Å². The highest BCUT2D eigenvalue weighted by Crippen LogP contribution is 2.28. The van der Waals surface area contributed by atoms with Crippen LogP contribution in [-0.2, 0) is 4.79 Å². The minimum absolute atomic E-state index is 0.0118. The van der Waals surface area contributed by atoms with Gasteiger partial charge in [0.05, 0.1) is 12.0 Å². The molecule has 2 aromatic rings. The Balaban J connectivity index is 1.39. The first kappa shape index (κ1) is 23.2. The minimum Gasteiger partial charge on any atom is -0.490 e. The Labute approximate surface area is 183 Å². The van der Waals surface area contributed by atoms with E-state index in [1.165, 1.54) is 6.07 Å². The normalized spacial score (nSPS) is 17.9. The molecule has 1 saturated carbocycles. The predicted molar refractivity (Wildman–Crippen MR) is 111 cm³/mol. The summed E-state index contributed by atoms with van der Waals surface area (Å²) in [6, 6.07) is 9.46. The molecule has 0 spiro atoms. The highest BCUT2D eigenvalue weighted by Gasteiger charge is 2.26. The molecule has 2 amide bonds. The molecule has 170 valence electrons. The van der Waals surface area contributed by atoms with Gasteiger partial charge in [0, 0.05) is 24.2 Å². The second-order valence-corrected chi connectivity index (χ2v) is 7.59. The third-order valence-electron chi connectivity index (χ3n) is 5.32. The van der Waals surface area contributed by atoms with Crippen molar-refractivity contribution in [3.63, 3.8) is 0 Å². The fraction of sp³-hybridized carbons (Fsp3) is 0.348. The maximum Gasteiger partial charge on any atom is 0.306 e. The fourth-order valence-electron chi connectivity index (χ4n) is 3.50. The summed E-state index contributed by atoms with van der Waals surface area (Å²) in [5.74, 6) is -3.50. The summed E-state index contributed by atoms with van der Waals surface area (Å²) >= 11 is 0. The Morgan fingerprint density at radius 2 is 1.41 bits per heavy atom. The SMILES string of the molecule is O=C(NCCNC(=O)c1ccc(F)c(F)c1)c1ccc(O[C@H]2CC[C@@H](C(=O)O)CC2)cc1. The van der Waals surface area contributed by atoms with E-state index >= 15 is 0 Å². The number of carbonyl (C=O) groups excluding carboxylic acids is 2. The molecule has 3 rings (SSSR count). The summed E-state index contributed by atoms with van der Waals surface area (Å²) in [7, 11) is 0. The summed E-state index contributed by atoms with van der Waals surface area (Å²) < 4.78 is 32.0. The number of hydrogen-bond donors (Lipinski definition) is 3. The number of aliphatic carboxylic acids is 1. The third kappa shape index (κ3) is 6.26.